The molecule has 8 nitrogen and oxygen atoms in total. The molecule has 13 heteroatoms. The van der Waals surface area contributed by atoms with Crippen molar-refractivity contribution in [1.29, 1.82) is 0 Å². The lowest BCUT2D eigenvalue weighted by Gasteiger charge is -2.20. The van der Waals surface area contributed by atoms with E-state index in [0.717, 1.165) is 17.4 Å². The van der Waals surface area contributed by atoms with Crippen LogP contribution in [0.2, 0.25) is 0 Å². The summed E-state index contributed by atoms with van der Waals surface area (Å²) in [5.74, 6) is -0.795. The monoisotopic (exact) mass is 516 g/mol. The molecule has 1 amide bonds. The van der Waals surface area contributed by atoms with Crippen LogP contribution in [0.5, 0.6) is 5.75 Å². The second-order valence-corrected chi connectivity index (χ2v) is 8.16. The molecule has 0 radical (unpaired) electrons. The maximum absolute atomic E-state index is 13.0. The molecule has 1 aromatic heterocycles. The number of nitro benzene ring substituents is 1. The van der Waals surface area contributed by atoms with Crippen LogP contribution in [0, 0.1) is 10.1 Å². The van der Waals surface area contributed by atoms with E-state index in [0.29, 0.717) is 27.5 Å². The predicted octanol–water partition coefficient (Wildman–Crippen LogP) is 5.13. The second kappa shape index (κ2) is 11.3. The van der Waals surface area contributed by atoms with E-state index in [1.165, 1.54) is 47.4 Å². The highest BCUT2D eigenvalue weighted by molar-refractivity contribution is 7.22. The average molecular weight is 517 g/mol. The van der Waals surface area contributed by atoms with Gasteiger partial charge >= 0.3 is 6.36 Å². The van der Waals surface area contributed by atoms with E-state index in [2.05, 4.69) is 9.72 Å². The zero-order valence-corrected chi connectivity index (χ0v) is 19.6. The van der Waals surface area contributed by atoms with Gasteiger partial charge in [-0.1, -0.05) is 23.5 Å². The minimum Gasteiger partial charge on any atom is -0.406 e. The maximum atomic E-state index is 13.0. The normalized spacial score (nSPS) is 11.6. The van der Waals surface area contributed by atoms with Gasteiger partial charge in [0, 0.05) is 37.4 Å². The van der Waals surface area contributed by atoms with E-state index < -0.39 is 17.2 Å². The van der Waals surface area contributed by atoms with Crippen LogP contribution in [0.4, 0.5) is 24.0 Å². The number of likely N-dealkylation sites (N-methyl/N-ethyl adjacent to an activating group) is 1. The van der Waals surface area contributed by atoms with Gasteiger partial charge in [0.05, 0.1) is 15.1 Å². The van der Waals surface area contributed by atoms with E-state index in [-0.39, 0.29) is 30.4 Å². The smallest absolute Gasteiger partial charge is 0.406 e. The molecule has 0 bridgehead atoms. The van der Waals surface area contributed by atoms with Crippen molar-refractivity contribution in [2.24, 2.45) is 0 Å². The number of halogens is 4. The fourth-order valence-electron chi connectivity index (χ4n) is 2.80. The Morgan fingerprint density at radius 2 is 1.94 bits per heavy atom. The van der Waals surface area contributed by atoms with Crippen LogP contribution in [-0.2, 0) is 4.79 Å². The lowest BCUT2D eigenvalue weighted by molar-refractivity contribution is -0.384. The van der Waals surface area contributed by atoms with Crippen molar-refractivity contribution in [3.05, 3.63) is 64.2 Å². The van der Waals surface area contributed by atoms with Crippen molar-refractivity contribution in [2.75, 3.05) is 32.1 Å². The number of anilines is 1. The summed E-state index contributed by atoms with van der Waals surface area (Å²) < 4.78 is 41.9. The summed E-state index contributed by atoms with van der Waals surface area (Å²) in [6.07, 6.45) is -2.08. The number of thiazole rings is 1. The molecule has 0 aliphatic heterocycles. The van der Waals surface area contributed by atoms with Gasteiger partial charge in [-0.3, -0.25) is 19.8 Å². The summed E-state index contributed by atoms with van der Waals surface area (Å²) in [5.41, 5.74) is 0.801. The van der Waals surface area contributed by atoms with E-state index in [1.807, 2.05) is 19.0 Å². The summed E-state index contributed by atoms with van der Waals surface area (Å²) >= 11 is 1.06. The highest BCUT2D eigenvalue weighted by atomic mass is 35.5. The lowest BCUT2D eigenvalue weighted by Crippen LogP contribution is -2.35. The molecule has 0 aliphatic carbocycles. The van der Waals surface area contributed by atoms with Gasteiger partial charge in [-0.15, -0.1) is 25.6 Å². The molecule has 2 aromatic carbocycles. The highest BCUT2D eigenvalue weighted by Gasteiger charge is 2.31. The summed E-state index contributed by atoms with van der Waals surface area (Å²) in [6.45, 7) is 0.783. The Balaban J connectivity index is 0.00000408. The van der Waals surface area contributed by atoms with Crippen molar-refractivity contribution in [3.8, 4) is 5.75 Å². The quantitative estimate of drug-likeness (QED) is 0.234. The Bertz CT molecular complexity index is 1200. The Hall–Kier alpha value is -3.22. The minimum atomic E-state index is -4.81. The zero-order chi connectivity index (χ0) is 24.2. The first-order chi connectivity index (χ1) is 15.5. The van der Waals surface area contributed by atoms with Gasteiger partial charge in [-0.05, 0) is 37.9 Å². The summed E-state index contributed by atoms with van der Waals surface area (Å²) in [6, 6.07) is 9.60. The molecule has 3 aromatic rings. The fourth-order valence-corrected chi connectivity index (χ4v) is 3.83. The van der Waals surface area contributed by atoms with E-state index in [4.69, 9.17) is 0 Å². The minimum absolute atomic E-state index is 0. The maximum Gasteiger partial charge on any atom is 0.573 e. The first kappa shape index (κ1) is 27.0. The summed E-state index contributed by atoms with van der Waals surface area (Å²) in [7, 11) is 3.67. The van der Waals surface area contributed by atoms with E-state index >= 15 is 0 Å². The highest BCUT2D eigenvalue weighted by Crippen LogP contribution is 2.33. The van der Waals surface area contributed by atoms with Gasteiger partial charge in [0.2, 0.25) is 0 Å². The Kier molecular flexibility index (Phi) is 8.96. The molecule has 0 spiro atoms. The molecular formula is C21H20ClF3N4O4S. The summed E-state index contributed by atoms with van der Waals surface area (Å²) in [5, 5.41) is 11.3. The molecule has 0 saturated carbocycles. The Morgan fingerprint density at radius 3 is 2.59 bits per heavy atom. The van der Waals surface area contributed by atoms with E-state index in [1.54, 1.807) is 6.07 Å². The largest absolute Gasteiger partial charge is 0.573 e. The molecule has 0 saturated heterocycles. The number of hydrogen-bond acceptors (Lipinski definition) is 7. The molecule has 0 aliphatic rings. The number of alkyl halides is 3. The van der Waals surface area contributed by atoms with Crippen molar-refractivity contribution in [3.63, 3.8) is 0 Å². The van der Waals surface area contributed by atoms with E-state index in [9.17, 15) is 28.1 Å². The van der Waals surface area contributed by atoms with Crippen molar-refractivity contribution in [1.82, 2.24) is 9.88 Å². The van der Waals surface area contributed by atoms with Gasteiger partial charge in [0.15, 0.2) is 5.13 Å². The first-order valence-corrected chi connectivity index (χ1v) is 10.4. The number of benzene rings is 2. The van der Waals surface area contributed by atoms with Gasteiger partial charge in [0.25, 0.3) is 11.6 Å². The first-order valence-electron chi connectivity index (χ1n) is 9.57. The number of hydrogen-bond donors (Lipinski definition) is 0. The van der Waals surface area contributed by atoms with Crippen molar-refractivity contribution >= 4 is 56.8 Å². The van der Waals surface area contributed by atoms with Crippen LogP contribution in [0.15, 0.2) is 48.5 Å². The summed E-state index contributed by atoms with van der Waals surface area (Å²) in [4.78, 5) is 31.0. The number of nitrogens with zero attached hydrogens (tertiary/aromatic N) is 4. The molecule has 0 fully saturated rings. The number of nitro groups is 1. The second-order valence-electron chi connectivity index (χ2n) is 7.15. The van der Waals surface area contributed by atoms with Crippen molar-refractivity contribution in [2.45, 2.75) is 6.36 Å². The number of amides is 1. The topological polar surface area (TPSA) is 88.8 Å². The third-order valence-corrected chi connectivity index (χ3v) is 5.39. The molecule has 0 unspecified atom stereocenters. The molecular weight excluding hydrogens is 497 g/mol. The van der Waals surface area contributed by atoms with Gasteiger partial charge in [0.1, 0.15) is 5.75 Å². The molecule has 3 rings (SSSR count). The lowest BCUT2D eigenvalue weighted by atomic mass is 10.2. The number of non-ortho nitro benzene ring substituents is 1. The van der Waals surface area contributed by atoms with Crippen LogP contribution in [0.1, 0.15) is 5.56 Å². The molecule has 34 heavy (non-hydrogen) atoms. The number of carbonyl (C=O) groups excluding carboxylic acids is 1. The number of ether oxygens (including phenoxy) is 1. The molecule has 182 valence electrons. The molecule has 0 N–H and O–H groups in total. The molecule has 1 heterocycles. The van der Waals surface area contributed by atoms with Gasteiger partial charge < -0.3 is 9.64 Å². The zero-order valence-electron chi connectivity index (χ0n) is 18.0. The molecule has 0 atom stereocenters. The number of carbonyl (C=O) groups is 1. The van der Waals surface area contributed by atoms with Crippen LogP contribution in [-0.4, -0.2) is 54.3 Å². The van der Waals surface area contributed by atoms with Crippen LogP contribution < -0.4 is 9.64 Å². The van der Waals surface area contributed by atoms with Crippen molar-refractivity contribution < 1.29 is 27.6 Å². The Morgan fingerprint density at radius 1 is 1.21 bits per heavy atom. The van der Waals surface area contributed by atoms with Gasteiger partial charge in [-0.2, -0.15) is 0 Å². The van der Waals surface area contributed by atoms with Crippen LogP contribution in [0.25, 0.3) is 16.3 Å². The third-order valence-electron chi connectivity index (χ3n) is 4.35. The fraction of sp³-hybridized carbons (Fsp3) is 0.238. The van der Waals surface area contributed by atoms with Crippen LogP contribution >= 0.6 is 23.7 Å². The standard InChI is InChI=1S/C21H19F3N4O4S.ClH/c1-26(2)10-11-27(19(29)9-6-14-4-3-5-15(12-14)28(30)31)20-25-17-8-7-16(13-18(17)33-20)32-21(22,23)24;/h3-9,12-13H,10-11H2,1-2H3;1H. The third kappa shape index (κ3) is 7.40. The van der Waals surface area contributed by atoms with Gasteiger partial charge in [-0.25, -0.2) is 4.98 Å². The SMILES string of the molecule is CN(C)CCN(C(=O)C=Cc1cccc([N+](=O)[O-])c1)c1nc2ccc(OC(F)(F)F)cc2s1.Cl. The number of rotatable bonds is 8. The number of fused-ring (bicyclic) bond motifs is 1. The Labute approximate surface area is 202 Å². The number of aromatic nitrogens is 1. The van der Waals surface area contributed by atoms with Crippen LogP contribution in [0.3, 0.4) is 0 Å². The predicted molar refractivity (Wildman–Crippen MR) is 127 cm³/mol. The average Bonchev–Trinajstić information content (AvgIpc) is 3.14.